The second kappa shape index (κ2) is 8.42. The van der Waals surface area contributed by atoms with Crippen LogP contribution in [0.15, 0.2) is 18.2 Å². The Balaban J connectivity index is 1.27. The van der Waals surface area contributed by atoms with Crippen molar-refractivity contribution in [3.05, 3.63) is 34.9 Å². The molecule has 0 spiro atoms. The third kappa shape index (κ3) is 4.52. The van der Waals surface area contributed by atoms with Crippen LogP contribution >= 0.6 is 0 Å². The Kier molecular flexibility index (Phi) is 5.77. The van der Waals surface area contributed by atoms with E-state index in [1.165, 1.54) is 24.0 Å². The van der Waals surface area contributed by atoms with Crippen LogP contribution in [0.25, 0.3) is 0 Å². The highest BCUT2D eigenvalue weighted by atomic mass is 16.2. The number of nitrogens with one attached hydrogen (secondary N) is 2. The van der Waals surface area contributed by atoms with Gasteiger partial charge in [-0.2, -0.15) is 0 Å². The average Bonchev–Trinajstić information content (AvgIpc) is 3.37. The molecule has 2 fully saturated rings. The van der Waals surface area contributed by atoms with E-state index in [1.54, 1.807) is 0 Å². The second-order valence-electron chi connectivity index (χ2n) is 8.38. The second-order valence-corrected chi connectivity index (χ2v) is 8.38. The summed E-state index contributed by atoms with van der Waals surface area (Å²) in [5.41, 5.74) is 4.03. The molecule has 146 valence electrons. The zero-order valence-corrected chi connectivity index (χ0v) is 16.1. The van der Waals surface area contributed by atoms with Crippen molar-refractivity contribution >= 4 is 11.8 Å². The van der Waals surface area contributed by atoms with Crippen LogP contribution in [0, 0.1) is 5.92 Å². The van der Waals surface area contributed by atoms with Gasteiger partial charge in [0.25, 0.3) is 0 Å². The summed E-state index contributed by atoms with van der Waals surface area (Å²) in [4.78, 5) is 27.0. The van der Waals surface area contributed by atoms with Gasteiger partial charge in [-0.3, -0.25) is 9.59 Å². The maximum atomic E-state index is 12.8. The van der Waals surface area contributed by atoms with E-state index in [-0.39, 0.29) is 17.9 Å². The molecule has 0 radical (unpaired) electrons. The molecule has 2 saturated heterocycles. The van der Waals surface area contributed by atoms with E-state index in [9.17, 15) is 9.59 Å². The standard InChI is InChI=1S/C22H31N3O2/c26-21(13-16-8-9-18-5-1-6-19(18)12-16)25-11-3-4-17(15-25)14-24-22(27)20-7-2-10-23-20/h8-9,12,17,20,23H,1-7,10-11,13-15H2,(H,24,27). The van der Waals surface area contributed by atoms with E-state index < -0.39 is 0 Å². The third-order valence-corrected chi connectivity index (χ3v) is 6.33. The number of aryl methyl sites for hydroxylation is 2. The molecule has 2 heterocycles. The van der Waals surface area contributed by atoms with Gasteiger partial charge in [0.15, 0.2) is 0 Å². The van der Waals surface area contributed by atoms with Crippen LogP contribution < -0.4 is 10.6 Å². The Morgan fingerprint density at radius 2 is 2.00 bits per heavy atom. The molecule has 0 bridgehead atoms. The lowest BCUT2D eigenvalue weighted by atomic mass is 9.96. The summed E-state index contributed by atoms with van der Waals surface area (Å²) in [7, 11) is 0. The zero-order chi connectivity index (χ0) is 18.6. The van der Waals surface area contributed by atoms with Crippen molar-refractivity contribution < 1.29 is 9.59 Å². The minimum absolute atomic E-state index is 0.0221. The number of piperidine rings is 1. The molecule has 2 unspecified atom stereocenters. The molecule has 2 N–H and O–H groups in total. The first-order valence-corrected chi connectivity index (χ1v) is 10.6. The number of fused-ring (bicyclic) bond motifs is 1. The molecule has 5 heteroatoms. The van der Waals surface area contributed by atoms with Crippen molar-refractivity contribution in [3.63, 3.8) is 0 Å². The summed E-state index contributed by atoms with van der Waals surface area (Å²) in [6, 6.07) is 6.54. The molecule has 1 aromatic carbocycles. The van der Waals surface area contributed by atoms with Gasteiger partial charge in [-0.15, -0.1) is 0 Å². The van der Waals surface area contributed by atoms with Crippen LogP contribution in [0.3, 0.4) is 0 Å². The Morgan fingerprint density at radius 3 is 2.85 bits per heavy atom. The predicted octanol–water partition coefficient (Wildman–Crippen LogP) is 1.82. The average molecular weight is 370 g/mol. The Bertz CT molecular complexity index is 697. The maximum Gasteiger partial charge on any atom is 0.237 e. The van der Waals surface area contributed by atoms with E-state index in [4.69, 9.17) is 0 Å². The summed E-state index contributed by atoms with van der Waals surface area (Å²) < 4.78 is 0. The van der Waals surface area contributed by atoms with Gasteiger partial charge >= 0.3 is 0 Å². The van der Waals surface area contributed by atoms with Crippen molar-refractivity contribution in [2.24, 2.45) is 5.92 Å². The van der Waals surface area contributed by atoms with E-state index in [0.717, 1.165) is 57.3 Å². The van der Waals surface area contributed by atoms with Gasteiger partial charge in [-0.25, -0.2) is 0 Å². The minimum Gasteiger partial charge on any atom is -0.354 e. The molecule has 2 atom stereocenters. The fraction of sp³-hybridized carbons (Fsp3) is 0.636. The molecule has 1 aliphatic carbocycles. The number of likely N-dealkylation sites (tertiary alicyclic amines) is 1. The Hall–Kier alpha value is -1.88. The first-order valence-electron chi connectivity index (χ1n) is 10.6. The quantitative estimate of drug-likeness (QED) is 0.832. The lowest BCUT2D eigenvalue weighted by Crippen LogP contribution is -2.47. The highest BCUT2D eigenvalue weighted by Gasteiger charge is 2.26. The molecular formula is C22H31N3O2. The smallest absolute Gasteiger partial charge is 0.237 e. The van der Waals surface area contributed by atoms with E-state index in [1.807, 2.05) is 4.90 Å². The number of hydrogen-bond donors (Lipinski definition) is 2. The third-order valence-electron chi connectivity index (χ3n) is 6.33. The Labute approximate surface area is 161 Å². The summed E-state index contributed by atoms with van der Waals surface area (Å²) in [5.74, 6) is 0.712. The normalized spacial score (nSPS) is 24.7. The topological polar surface area (TPSA) is 61.4 Å². The number of rotatable bonds is 5. The van der Waals surface area contributed by atoms with Gasteiger partial charge in [0.1, 0.15) is 0 Å². The largest absolute Gasteiger partial charge is 0.354 e. The molecule has 2 amide bonds. The summed E-state index contributed by atoms with van der Waals surface area (Å²) in [6.07, 6.45) is 8.19. The number of nitrogens with zero attached hydrogens (tertiary/aromatic N) is 1. The van der Waals surface area contributed by atoms with Crippen molar-refractivity contribution in [3.8, 4) is 0 Å². The lowest BCUT2D eigenvalue weighted by Gasteiger charge is -2.33. The first kappa shape index (κ1) is 18.5. The fourth-order valence-corrected chi connectivity index (χ4v) is 4.76. The van der Waals surface area contributed by atoms with Crippen LogP contribution in [0.4, 0.5) is 0 Å². The highest BCUT2D eigenvalue weighted by Crippen LogP contribution is 2.24. The van der Waals surface area contributed by atoms with Crippen LogP contribution in [0.2, 0.25) is 0 Å². The van der Waals surface area contributed by atoms with Gasteiger partial charge in [-0.1, -0.05) is 18.2 Å². The highest BCUT2D eigenvalue weighted by molar-refractivity contribution is 5.82. The molecule has 0 aromatic heterocycles. The molecular weight excluding hydrogens is 338 g/mol. The lowest BCUT2D eigenvalue weighted by molar-refractivity contribution is -0.132. The van der Waals surface area contributed by atoms with E-state index in [2.05, 4.69) is 28.8 Å². The van der Waals surface area contributed by atoms with Crippen LogP contribution in [0.1, 0.15) is 48.8 Å². The first-order chi connectivity index (χ1) is 13.2. The van der Waals surface area contributed by atoms with E-state index in [0.29, 0.717) is 18.9 Å². The number of amides is 2. The number of benzene rings is 1. The van der Waals surface area contributed by atoms with Crippen LogP contribution in [0.5, 0.6) is 0 Å². The van der Waals surface area contributed by atoms with Crippen molar-refractivity contribution in [2.45, 2.75) is 57.4 Å². The van der Waals surface area contributed by atoms with Crippen LogP contribution in [-0.4, -0.2) is 48.9 Å². The molecule has 3 aliphatic rings. The van der Waals surface area contributed by atoms with Crippen molar-refractivity contribution in [1.29, 1.82) is 0 Å². The monoisotopic (exact) mass is 369 g/mol. The molecule has 4 rings (SSSR count). The predicted molar refractivity (Wildman–Crippen MR) is 106 cm³/mol. The summed E-state index contributed by atoms with van der Waals surface area (Å²) in [5, 5.41) is 6.33. The van der Waals surface area contributed by atoms with Gasteiger partial charge in [0, 0.05) is 19.6 Å². The van der Waals surface area contributed by atoms with Crippen molar-refractivity contribution in [1.82, 2.24) is 15.5 Å². The zero-order valence-electron chi connectivity index (χ0n) is 16.1. The number of carbonyl (C=O) groups is 2. The molecule has 0 saturated carbocycles. The summed E-state index contributed by atoms with van der Waals surface area (Å²) >= 11 is 0. The molecule has 27 heavy (non-hydrogen) atoms. The SMILES string of the molecule is O=C(NCC1CCCN(C(=O)Cc2ccc3c(c2)CCC3)C1)C1CCCN1. The fourth-order valence-electron chi connectivity index (χ4n) is 4.76. The minimum atomic E-state index is -0.0221. The maximum absolute atomic E-state index is 12.8. The summed E-state index contributed by atoms with van der Waals surface area (Å²) in [6.45, 7) is 3.23. The molecule has 2 aliphatic heterocycles. The Morgan fingerprint density at radius 1 is 1.11 bits per heavy atom. The van der Waals surface area contributed by atoms with E-state index >= 15 is 0 Å². The van der Waals surface area contributed by atoms with Crippen molar-refractivity contribution in [2.75, 3.05) is 26.2 Å². The molecule has 5 nitrogen and oxygen atoms in total. The van der Waals surface area contributed by atoms with Gasteiger partial charge in [0.05, 0.1) is 12.5 Å². The van der Waals surface area contributed by atoms with Crippen LogP contribution in [-0.2, 0) is 28.9 Å². The van der Waals surface area contributed by atoms with Gasteiger partial charge in [-0.05, 0) is 74.1 Å². The number of hydrogen-bond acceptors (Lipinski definition) is 3. The van der Waals surface area contributed by atoms with Gasteiger partial charge in [0.2, 0.25) is 11.8 Å². The van der Waals surface area contributed by atoms with Gasteiger partial charge < -0.3 is 15.5 Å². The molecule has 1 aromatic rings. The number of carbonyl (C=O) groups excluding carboxylic acids is 2.